The van der Waals surface area contributed by atoms with Crippen LogP contribution in [0.3, 0.4) is 0 Å². The molecular weight excluding hydrogens is 172 g/mol. The van der Waals surface area contributed by atoms with E-state index in [1.54, 1.807) is 6.92 Å². The highest BCUT2D eigenvalue weighted by atomic mass is 16.4. The van der Waals surface area contributed by atoms with Gasteiger partial charge in [-0.3, -0.25) is 10.1 Å². The Balaban J connectivity index is 2.36. The van der Waals surface area contributed by atoms with Gasteiger partial charge in [0, 0.05) is 13.0 Å². The van der Waals surface area contributed by atoms with E-state index in [1.165, 1.54) is 6.26 Å². The summed E-state index contributed by atoms with van der Waals surface area (Å²) in [4.78, 5) is 15.0. The van der Waals surface area contributed by atoms with Crippen LogP contribution in [-0.2, 0) is 4.79 Å². The summed E-state index contributed by atoms with van der Waals surface area (Å²) in [5.41, 5.74) is 0.720. The molecule has 0 radical (unpaired) electrons. The van der Waals surface area contributed by atoms with E-state index in [0.717, 1.165) is 5.69 Å². The van der Waals surface area contributed by atoms with Gasteiger partial charge in [0.1, 0.15) is 6.26 Å². The summed E-state index contributed by atoms with van der Waals surface area (Å²) in [6.07, 6.45) is 2.19. The fourth-order valence-corrected chi connectivity index (χ4v) is 0.833. The Kier molecular flexibility index (Phi) is 3.45. The van der Waals surface area contributed by atoms with Gasteiger partial charge in [-0.2, -0.15) is 4.98 Å². The van der Waals surface area contributed by atoms with E-state index in [1.807, 2.05) is 0 Å². The summed E-state index contributed by atoms with van der Waals surface area (Å²) in [7, 11) is 0. The molecule has 0 aliphatic heterocycles. The van der Waals surface area contributed by atoms with Crippen LogP contribution >= 0.6 is 0 Å². The van der Waals surface area contributed by atoms with Gasteiger partial charge in [0.25, 0.3) is 0 Å². The molecule has 1 rings (SSSR count). The maximum Gasteiger partial charge on any atom is 0.301 e. The van der Waals surface area contributed by atoms with Crippen molar-refractivity contribution >= 4 is 11.9 Å². The lowest BCUT2D eigenvalue weighted by molar-refractivity contribution is -0.116. The van der Waals surface area contributed by atoms with Gasteiger partial charge in [-0.1, -0.05) is 0 Å². The van der Waals surface area contributed by atoms with Gasteiger partial charge < -0.3 is 9.52 Å². The number of carbonyl (C=O) groups is 1. The van der Waals surface area contributed by atoms with Gasteiger partial charge in [-0.05, 0) is 13.3 Å². The molecule has 1 aromatic rings. The number of hydrogen-bond acceptors (Lipinski definition) is 4. The first kappa shape index (κ1) is 9.73. The van der Waals surface area contributed by atoms with Gasteiger partial charge in [0.05, 0.1) is 5.69 Å². The van der Waals surface area contributed by atoms with Crippen molar-refractivity contribution in [3.8, 4) is 0 Å². The number of carbonyl (C=O) groups excluding carboxylic acids is 1. The number of aliphatic hydroxyl groups is 1. The maximum absolute atomic E-state index is 11.1. The number of aliphatic hydroxyl groups excluding tert-OH is 1. The minimum Gasteiger partial charge on any atom is -0.432 e. The quantitative estimate of drug-likeness (QED) is 0.722. The van der Waals surface area contributed by atoms with Crippen LogP contribution in [0, 0.1) is 6.92 Å². The Morgan fingerprint density at radius 2 is 2.54 bits per heavy atom. The van der Waals surface area contributed by atoms with Crippen LogP contribution in [0.15, 0.2) is 10.7 Å². The maximum atomic E-state index is 11.1. The monoisotopic (exact) mass is 184 g/mol. The van der Waals surface area contributed by atoms with Gasteiger partial charge in [0.2, 0.25) is 5.91 Å². The molecule has 0 fully saturated rings. The van der Waals surface area contributed by atoms with Crippen molar-refractivity contribution in [1.82, 2.24) is 4.98 Å². The number of aryl methyl sites for hydroxylation is 1. The molecular formula is C8H12N2O3. The van der Waals surface area contributed by atoms with Gasteiger partial charge in [-0.25, -0.2) is 0 Å². The second-order valence-electron chi connectivity index (χ2n) is 2.67. The minimum atomic E-state index is -0.198. The van der Waals surface area contributed by atoms with E-state index < -0.39 is 0 Å². The molecule has 0 bridgehead atoms. The van der Waals surface area contributed by atoms with Crippen LogP contribution in [0.2, 0.25) is 0 Å². The minimum absolute atomic E-state index is 0.0119. The highest BCUT2D eigenvalue weighted by Crippen LogP contribution is 2.06. The fraction of sp³-hybridized carbons (Fsp3) is 0.500. The van der Waals surface area contributed by atoms with Gasteiger partial charge in [0.15, 0.2) is 0 Å². The highest BCUT2D eigenvalue weighted by molar-refractivity contribution is 5.88. The summed E-state index contributed by atoms with van der Waals surface area (Å²) in [6.45, 7) is 1.78. The van der Waals surface area contributed by atoms with E-state index in [9.17, 15) is 4.79 Å². The zero-order chi connectivity index (χ0) is 9.68. The van der Waals surface area contributed by atoms with Crippen LogP contribution in [0.1, 0.15) is 18.5 Å². The molecule has 5 heteroatoms. The van der Waals surface area contributed by atoms with Gasteiger partial charge >= 0.3 is 6.01 Å². The Morgan fingerprint density at radius 3 is 3.08 bits per heavy atom. The van der Waals surface area contributed by atoms with E-state index in [0.29, 0.717) is 6.42 Å². The molecule has 0 atom stereocenters. The second-order valence-corrected chi connectivity index (χ2v) is 2.67. The standard InChI is InChI=1S/C8H12N2O3/c1-6-5-13-8(9-6)10-7(12)3-2-4-11/h5,11H,2-4H2,1H3,(H,9,10,12). The summed E-state index contributed by atoms with van der Waals surface area (Å²) in [5, 5.41) is 10.9. The van der Waals surface area contributed by atoms with Crippen LogP contribution in [0.25, 0.3) is 0 Å². The third kappa shape index (κ3) is 3.25. The lowest BCUT2D eigenvalue weighted by Crippen LogP contribution is -2.11. The van der Waals surface area contributed by atoms with E-state index in [2.05, 4.69) is 10.3 Å². The molecule has 0 saturated carbocycles. The molecule has 0 aliphatic carbocycles. The molecule has 0 aromatic carbocycles. The van der Waals surface area contributed by atoms with Crippen molar-refractivity contribution < 1.29 is 14.3 Å². The number of nitrogens with one attached hydrogen (secondary N) is 1. The SMILES string of the molecule is Cc1coc(NC(=O)CCCO)n1. The molecule has 0 spiro atoms. The van der Waals surface area contributed by atoms with Crippen molar-refractivity contribution in [1.29, 1.82) is 0 Å². The number of hydrogen-bond donors (Lipinski definition) is 2. The molecule has 0 unspecified atom stereocenters. The first-order chi connectivity index (χ1) is 6.22. The number of anilines is 1. The number of amides is 1. The number of nitrogens with zero attached hydrogens (tertiary/aromatic N) is 1. The lowest BCUT2D eigenvalue weighted by Gasteiger charge is -1.97. The summed E-state index contributed by atoms with van der Waals surface area (Å²) in [5.74, 6) is -0.198. The first-order valence-electron chi connectivity index (χ1n) is 4.05. The summed E-state index contributed by atoms with van der Waals surface area (Å²) >= 11 is 0. The van der Waals surface area contributed by atoms with E-state index >= 15 is 0 Å². The fourth-order valence-electron chi connectivity index (χ4n) is 0.833. The first-order valence-corrected chi connectivity index (χ1v) is 4.05. The summed E-state index contributed by atoms with van der Waals surface area (Å²) < 4.78 is 4.91. The summed E-state index contributed by atoms with van der Waals surface area (Å²) in [6, 6.07) is 0.209. The van der Waals surface area contributed by atoms with Crippen molar-refractivity contribution in [2.75, 3.05) is 11.9 Å². The average Bonchev–Trinajstić information content (AvgIpc) is 2.48. The highest BCUT2D eigenvalue weighted by Gasteiger charge is 2.05. The van der Waals surface area contributed by atoms with Crippen molar-refractivity contribution in [2.45, 2.75) is 19.8 Å². The number of aromatic nitrogens is 1. The number of rotatable bonds is 4. The molecule has 0 aliphatic rings. The van der Waals surface area contributed by atoms with Crippen molar-refractivity contribution in [3.63, 3.8) is 0 Å². The second kappa shape index (κ2) is 4.61. The molecule has 0 saturated heterocycles. The Bertz CT molecular complexity index is 283. The molecule has 1 aromatic heterocycles. The van der Waals surface area contributed by atoms with Crippen molar-refractivity contribution in [3.05, 3.63) is 12.0 Å². The zero-order valence-electron chi connectivity index (χ0n) is 7.41. The van der Waals surface area contributed by atoms with Crippen LogP contribution in [0.4, 0.5) is 6.01 Å². The molecule has 2 N–H and O–H groups in total. The largest absolute Gasteiger partial charge is 0.432 e. The van der Waals surface area contributed by atoms with Crippen LogP contribution in [-0.4, -0.2) is 22.6 Å². The normalized spacial score (nSPS) is 10.0. The Hall–Kier alpha value is -1.36. The third-order valence-corrected chi connectivity index (χ3v) is 1.43. The molecule has 5 nitrogen and oxygen atoms in total. The molecule has 13 heavy (non-hydrogen) atoms. The van der Waals surface area contributed by atoms with E-state index in [4.69, 9.17) is 9.52 Å². The molecule has 1 amide bonds. The molecule has 72 valence electrons. The third-order valence-electron chi connectivity index (χ3n) is 1.43. The van der Waals surface area contributed by atoms with Crippen LogP contribution < -0.4 is 5.32 Å². The Morgan fingerprint density at radius 1 is 1.77 bits per heavy atom. The van der Waals surface area contributed by atoms with Gasteiger partial charge in [-0.15, -0.1) is 0 Å². The number of oxazole rings is 1. The lowest BCUT2D eigenvalue weighted by atomic mass is 10.3. The predicted octanol–water partition coefficient (Wildman–Crippen LogP) is 0.694. The average molecular weight is 184 g/mol. The zero-order valence-corrected chi connectivity index (χ0v) is 7.41. The Labute approximate surface area is 75.8 Å². The predicted molar refractivity (Wildman–Crippen MR) is 46.2 cm³/mol. The van der Waals surface area contributed by atoms with Crippen LogP contribution in [0.5, 0.6) is 0 Å². The van der Waals surface area contributed by atoms with E-state index in [-0.39, 0.29) is 24.9 Å². The molecule has 1 heterocycles. The van der Waals surface area contributed by atoms with Crippen molar-refractivity contribution in [2.24, 2.45) is 0 Å². The smallest absolute Gasteiger partial charge is 0.301 e. The topological polar surface area (TPSA) is 75.4 Å².